The molecule has 5 nitrogen and oxygen atoms in total. The van der Waals surface area contributed by atoms with Gasteiger partial charge in [-0.25, -0.2) is 4.68 Å². The van der Waals surface area contributed by atoms with Crippen molar-refractivity contribution in [1.82, 2.24) is 9.78 Å². The van der Waals surface area contributed by atoms with Crippen LogP contribution in [0.3, 0.4) is 0 Å². The first-order valence-electron chi connectivity index (χ1n) is 6.54. The summed E-state index contributed by atoms with van der Waals surface area (Å²) < 4.78 is 1.92. The molecule has 0 amide bonds. The van der Waals surface area contributed by atoms with Crippen LogP contribution in [0.4, 0.5) is 17.2 Å². The molecule has 0 spiro atoms. The van der Waals surface area contributed by atoms with Gasteiger partial charge in [0.25, 0.3) is 0 Å². The van der Waals surface area contributed by atoms with Gasteiger partial charge in [-0.3, -0.25) is 0 Å². The molecule has 5 heteroatoms. The fourth-order valence-corrected chi connectivity index (χ4v) is 2.12. The second-order valence-corrected chi connectivity index (χ2v) is 5.08. The quantitative estimate of drug-likeness (QED) is 0.929. The molecule has 1 aromatic carbocycles. The number of benzene rings is 1. The van der Waals surface area contributed by atoms with E-state index in [4.69, 9.17) is 11.0 Å². The lowest BCUT2D eigenvalue weighted by molar-refractivity contribution is 0.531. The highest BCUT2D eigenvalue weighted by molar-refractivity contribution is 5.73. The van der Waals surface area contributed by atoms with E-state index in [0.29, 0.717) is 11.3 Å². The third-order valence-electron chi connectivity index (χ3n) is 3.30. The maximum absolute atomic E-state index is 8.85. The van der Waals surface area contributed by atoms with Crippen LogP contribution in [0.5, 0.6) is 0 Å². The van der Waals surface area contributed by atoms with Crippen molar-refractivity contribution in [3.63, 3.8) is 0 Å². The molecule has 0 aliphatic heterocycles. The van der Waals surface area contributed by atoms with Crippen molar-refractivity contribution in [1.29, 1.82) is 5.26 Å². The Kier molecular flexibility index (Phi) is 3.66. The first kappa shape index (κ1) is 13.9. The molecule has 2 N–H and O–H groups in total. The van der Waals surface area contributed by atoms with Crippen LogP contribution in [0.25, 0.3) is 0 Å². The minimum Gasteiger partial charge on any atom is -0.394 e. The third-order valence-corrected chi connectivity index (χ3v) is 3.30. The number of nitrogens with zero attached hydrogens (tertiary/aromatic N) is 4. The van der Waals surface area contributed by atoms with E-state index in [1.165, 1.54) is 0 Å². The van der Waals surface area contributed by atoms with Gasteiger partial charge >= 0.3 is 0 Å². The van der Waals surface area contributed by atoms with Gasteiger partial charge in [-0.15, -0.1) is 0 Å². The predicted molar refractivity (Wildman–Crippen MR) is 81.0 cm³/mol. The van der Waals surface area contributed by atoms with Crippen LogP contribution in [0, 0.1) is 18.3 Å². The summed E-state index contributed by atoms with van der Waals surface area (Å²) in [4.78, 5) is 2.00. The molecule has 2 rings (SSSR count). The zero-order chi connectivity index (χ0) is 14.9. The highest BCUT2D eigenvalue weighted by Gasteiger charge is 2.19. The number of rotatable bonds is 3. The van der Waals surface area contributed by atoms with Gasteiger partial charge in [-0.05, 0) is 45.0 Å². The van der Waals surface area contributed by atoms with Crippen molar-refractivity contribution < 1.29 is 0 Å². The van der Waals surface area contributed by atoms with Gasteiger partial charge in [0.15, 0.2) is 5.82 Å². The summed E-state index contributed by atoms with van der Waals surface area (Å²) in [6.07, 6.45) is 0. The average Bonchev–Trinajstić information content (AvgIpc) is 2.74. The first-order chi connectivity index (χ1) is 9.45. The number of aryl methyl sites for hydroxylation is 1. The van der Waals surface area contributed by atoms with Crippen LogP contribution in [0.1, 0.15) is 31.1 Å². The number of aromatic nitrogens is 2. The van der Waals surface area contributed by atoms with Gasteiger partial charge < -0.3 is 10.6 Å². The van der Waals surface area contributed by atoms with Gasteiger partial charge in [0, 0.05) is 18.8 Å². The molecule has 0 unspecified atom stereocenters. The lowest BCUT2D eigenvalue weighted by atomic mass is 10.2. The van der Waals surface area contributed by atoms with Crippen LogP contribution in [-0.2, 0) is 0 Å². The zero-order valence-corrected chi connectivity index (χ0v) is 12.3. The third kappa shape index (κ3) is 2.32. The van der Waals surface area contributed by atoms with Crippen molar-refractivity contribution >= 4 is 17.2 Å². The number of nitriles is 1. The highest BCUT2D eigenvalue weighted by Crippen LogP contribution is 2.33. The van der Waals surface area contributed by atoms with Crippen LogP contribution in [-0.4, -0.2) is 16.8 Å². The maximum Gasteiger partial charge on any atom is 0.155 e. The molecule has 0 bridgehead atoms. The molecule has 0 aliphatic carbocycles. The summed E-state index contributed by atoms with van der Waals surface area (Å²) in [5.74, 6) is 0.877. The van der Waals surface area contributed by atoms with E-state index in [9.17, 15) is 0 Å². The highest BCUT2D eigenvalue weighted by atomic mass is 15.4. The molecule has 0 saturated heterocycles. The molecule has 1 aromatic heterocycles. The SMILES string of the molecule is Cc1nn(C(C)C)c(N(C)c2ccc(C#N)cc2)c1N. The molecule has 20 heavy (non-hydrogen) atoms. The summed E-state index contributed by atoms with van der Waals surface area (Å²) in [5, 5.41) is 13.3. The lowest BCUT2D eigenvalue weighted by Gasteiger charge is -2.23. The summed E-state index contributed by atoms with van der Waals surface area (Å²) in [6.45, 7) is 6.05. The van der Waals surface area contributed by atoms with Crippen molar-refractivity contribution in [2.45, 2.75) is 26.8 Å². The second kappa shape index (κ2) is 5.25. The Bertz CT molecular complexity index is 646. The molecule has 1 heterocycles. The largest absolute Gasteiger partial charge is 0.394 e. The molecule has 104 valence electrons. The van der Waals surface area contributed by atoms with Crippen LogP contribution in [0.15, 0.2) is 24.3 Å². The number of nitrogens with two attached hydrogens (primary N) is 1. The van der Waals surface area contributed by atoms with Crippen LogP contribution in [0.2, 0.25) is 0 Å². The van der Waals surface area contributed by atoms with E-state index < -0.39 is 0 Å². The molecule has 0 radical (unpaired) electrons. The fourth-order valence-electron chi connectivity index (χ4n) is 2.12. The molecular formula is C15H19N5. The predicted octanol–water partition coefficient (Wildman–Crippen LogP) is 2.99. The second-order valence-electron chi connectivity index (χ2n) is 5.08. The van der Waals surface area contributed by atoms with E-state index in [1.54, 1.807) is 12.1 Å². The number of anilines is 3. The summed E-state index contributed by atoms with van der Waals surface area (Å²) in [7, 11) is 1.95. The van der Waals surface area contributed by atoms with Crippen molar-refractivity contribution in [3.8, 4) is 6.07 Å². The Hall–Kier alpha value is -2.48. The smallest absolute Gasteiger partial charge is 0.155 e. The topological polar surface area (TPSA) is 70.9 Å². The minimum atomic E-state index is 0.224. The van der Waals surface area contributed by atoms with Gasteiger partial charge in [0.1, 0.15) is 0 Å². The lowest BCUT2D eigenvalue weighted by Crippen LogP contribution is -2.17. The first-order valence-corrected chi connectivity index (χ1v) is 6.54. The Morgan fingerprint density at radius 1 is 1.30 bits per heavy atom. The minimum absolute atomic E-state index is 0.224. The van der Waals surface area contributed by atoms with Crippen LogP contribution >= 0.6 is 0 Å². The Morgan fingerprint density at radius 2 is 1.90 bits per heavy atom. The van der Waals surface area contributed by atoms with Gasteiger partial charge in [-0.2, -0.15) is 10.4 Å². The molecule has 0 fully saturated rings. The monoisotopic (exact) mass is 269 g/mol. The molecule has 2 aromatic rings. The van der Waals surface area contributed by atoms with Crippen molar-refractivity contribution in [2.24, 2.45) is 0 Å². The zero-order valence-electron chi connectivity index (χ0n) is 12.3. The number of hydrogen-bond acceptors (Lipinski definition) is 4. The Balaban J connectivity index is 2.47. The van der Waals surface area contributed by atoms with Gasteiger partial charge in [0.2, 0.25) is 0 Å². The standard InChI is InChI=1S/C15H19N5/c1-10(2)20-15(14(17)11(3)18-20)19(4)13-7-5-12(9-16)6-8-13/h5-8,10H,17H2,1-4H3. The van der Waals surface area contributed by atoms with Crippen molar-refractivity contribution in [2.75, 3.05) is 17.7 Å². The number of nitrogen functional groups attached to an aromatic ring is 1. The maximum atomic E-state index is 8.85. The van der Waals surface area contributed by atoms with E-state index in [0.717, 1.165) is 17.2 Å². The normalized spacial score (nSPS) is 10.6. The fraction of sp³-hybridized carbons (Fsp3) is 0.333. The summed E-state index contributed by atoms with van der Waals surface area (Å²) in [6, 6.07) is 9.75. The van der Waals surface area contributed by atoms with Gasteiger partial charge in [0.05, 0.1) is 23.0 Å². The van der Waals surface area contributed by atoms with E-state index in [1.807, 2.05) is 35.7 Å². The molecular weight excluding hydrogens is 250 g/mol. The van der Waals surface area contributed by atoms with E-state index in [-0.39, 0.29) is 6.04 Å². The molecule has 0 aliphatic rings. The van der Waals surface area contributed by atoms with Crippen molar-refractivity contribution in [3.05, 3.63) is 35.5 Å². The molecule has 0 saturated carbocycles. The van der Waals surface area contributed by atoms with Crippen LogP contribution < -0.4 is 10.6 Å². The van der Waals surface area contributed by atoms with E-state index >= 15 is 0 Å². The van der Waals surface area contributed by atoms with E-state index in [2.05, 4.69) is 25.0 Å². The van der Waals surface area contributed by atoms with Gasteiger partial charge in [-0.1, -0.05) is 0 Å². The average molecular weight is 269 g/mol. The number of hydrogen-bond donors (Lipinski definition) is 1. The summed E-state index contributed by atoms with van der Waals surface area (Å²) >= 11 is 0. The Labute approximate surface area is 119 Å². The summed E-state index contributed by atoms with van der Waals surface area (Å²) in [5.41, 5.74) is 9.28. The molecule has 0 atom stereocenters. The Morgan fingerprint density at radius 3 is 2.40 bits per heavy atom.